The van der Waals surface area contributed by atoms with Crippen molar-refractivity contribution in [1.29, 1.82) is 0 Å². The highest BCUT2D eigenvalue weighted by Gasteiger charge is 2.51. The van der Waals surface area contributed by atoms with Crippen molar-refractivity contribution < 1.29 is 54.8 Å². The van der Waals surface area contributed by atoms with E-state index in [2.05, 4.69) is 0 Å². The Hall–Kier alpha value is -0.750. The maximum absolute atomic E-state index is 13.0. The smallest absolute Gasteiger partial charge is 0.311 e. The molecule has 0 aliphatic heterocycles. The topological polar surface area (TPSA) is 60.7 Å². The Morgan fingerprint density at radius 1 is 0.476 bits per heavy atom. The van der Waals surface area contributed by atoms with E-state index >= 15 is 0 Å². The van der Waals surface area contributed by atoms with Gasteiger partial charge < -0.3 is 15.3 Å². The summed E-state index contributed by atoms with van der Waals surface area (Å²) in [5, 5.41) is 24.5. The summed E-state index contributed by atoms with van der Waals surface area (Å²) in [5.74, 6) is -4.45. The second-order valence-corrected chi connectivity index (χ2v) is 4.09. The van der Waals surface area contributed by atoms with Crippen LogP contribution in [0, 0.1) is 0 Å². The van der Waals surface area contributed by atoms with Crippen LogP contribution in [-0.2, 0) is 0 Å². The molecule has 7 atom stereocenters. The van der Waals surface area contributed by atoms with E-state index in [1.54, 1.807) is 0 Å². The van der Waals surface area contributed by atoms with Crippen molar-refractivity contribution in [3.8, 4) is 0 Å². The number of halogens is 9. The first-order valence-electron chi connectivity index (χ1n) is 5.26. The molecular formula is C9H11F9O3. The van der Waals surface area contributed by atoms with Gasteiger partial charge in [-0.3, -0.25) is 0 Å². The minimum absolute atomic E-state index is 3.84. The van der Waals surface area contributed by atoms with Crippen LogP contribution in [0.1, 0.15) is 0 Å². The summed E-state index contributed by atoms with van der Waals surface area (Å²) in [4.78, 5) is 0. The number of rotatable bonds is 8. The molecule has 3 nitrogen and oxygen atoms in total. The summed E-state index contributed by atoms with van der Waals surface area (Å²) in [6, 6.07) is 0. The van der Waals surface area contributed by atoms with Crippen molar-refractivity contribution in [2.24, 2.45) is 0 Å². The van der Waals surface area contributed by atoms with Gasteiger partial charge in [-0.25, -0.2) is 39.5 Å². The van der Waals surface area contributed by atoms with E-state index in [4.69, 9.17) is 15.3 Å². The fourth-order valence-electron chi connectivity index (χ4n) is 1.22. The van der Waals surface area contributed by atoms with Crippen molar-refractivity contribution in [2.45, 2.75) is 55.6 Å². The van der Waals surface area contributed by atoms with Crippen LogP contribution in [0.25, 0.3) is 0 Å². The molecule has 0 aliphatic carbocycles. The monoisotopic (exact) mass is 338 g/mol. The molecule has 128 valence electrons. The number of hydrogen-bond acceptors (Lipinski definition) is 3. The lowest BCUT2D eigenvalue weighted by Gasteiger charge is -2.27. The Bertz CT molecular complexity index is 313. The summed E-state index contributed by atoms with van der Waals surface area (Å²) in [6.45, 7) is 0. The van der Waals surface area contributed by atoms with E-state index in [0.29, 0.717) is 0 Å². The molecule has 0 aromatic rings. The fourth-order valence-corrected chi connectivity index (χ4v) is 1.22. The molecule has 0 aliphatic rings. The Morgan fingerprint density at radius 2 is 0.762 bits per heavy atom. The van der Waals surface area contributed by atoms with Crippen LogP contribution >= 0.6 is 0 Å². The summed E-state index contributed by atoms with van der Waals surface area (Å²) in [7, 11) is 0. The first-order chi connectivity index (χ1) is 9.32. The van der Waals surface area contributed by atoms with Gasteiger partial charge in [-0.2, -0.15) is 0 Å². The Kier molecular flexibility index (Phi) is 7.23. The van der Waals surface area contributed by atoms with Gasteiger partial charge in [0.15, 0.2) is 37.0 Å². The van der Waals surface area contributed by atoms with Gasteiger partial charge in [-0.05, 0) is 0 Å². The van der Waals surface area contributed by atoms with E-state index < -0.39 is 55.6 Å². The van der Waals surface area contributed by atoms with Crippen molar-refractivity contribution in [1.82, 2.24) is 0 Å². The van der Waals surface area contributed by atoms with Crippen molar-refractivity contribution in [2.75, 3.05) is 0 Å². The van der Waals surface area contributed by atoms with Gasteiger partial charge in [-0.15, -0.1) is 0 Å². The van der Waals surface area contributed by atoms with Crippen molar-refractivity contribution in [3.63, 3.8) is 0 Å². The van der Waals surface area contributed by atoms with Gasteiger partial charge in [0.2, 0.25) is 6.17 Å². The predicted octanol–water partition coefficient (Wildman–Crippen LogP) is 1.25. The Labute approximate surface area is 112 Å². The van der Waals surface area contributed by atoms with E-state index in [0.717, 1.165) is 0 Å². The molecule has 0 amide bonds. The largest absolute Gasteiger partial charge is 0.341 e. The zero-order chi connectivity index (χ0) is 17.1. The second kappa shape index (κ2) is 7.49. The van der Waals surface area contributed by atoms with Crippen LogP contribution in [0.5, 0.6) is 0 Å². The summed E-state index contributed by atoms with van der Waals surface area (Å²) in [6.07, 6.45) is -31.3. The minimum Gasteiger partial charge on any atom is -0.341 e. The quantitative estimate of drug-likeness (QED) is 0.461. The molecule has 0 bridgehead atoms. The highest BCUT2D eigenvalue weighted by molar-refractivity contribution is 4.93. The number of alkyl halides is 9. The molecule has 12 heteroatoms. The molecule has 0 aromatic carbocycles. The molecular weight excluding hydrogens is 327 g/mol. The molecule has 0 spiro atoms. The SMILES string of the molecule is OC(O)(O)C(F)C(F)C(F)C(F)C(F)C(F)C(F)C(F)F. The third kappa shape index (κ3) is 5.18. The summed E-state index contributed by atoms with van der Waals surface area (Å²) < 4.78 is 113. The lowest BCUT2D eigenvalue weighted by Crippen LogP contribution is -2.52. The second-order valence-electron chi connectivity index (χ2n) is 4.09. The molecule has 3 N–H and O–H groups in total. The third-order valence-corrected chi connectivity index (χ3v) is 2.41. The molecule has 0 aromatic heterocycles. The molecule has 0 heterocycles. The fraction of sp³-hybridized carbons (Fsp3) is 1.00. The van der Waals surface area contributed by atoms with Gasteiger partial charge in [-0.1, -0.05) is 0 Å². The number of aliphatic hydroxyl groups is 3. The highest BCUT2D eigenvalue weighted by Crippen LogP contribution is 2.29. The van der Waals surface area contributed by atoms with Gasteiger partial charge in [0.1, 0.15) is 0 Å². The van der Waals surface area contributed by atoms with Crippen LogP contribution in [-0.4, -0.2) is 70.9 Å². The first-order valence-corrected chi connectivity index (χ1v) is 5.26. The molecule has 0 saturated carbocycles. The van der Waals surface area contributed by atoms with Gasteiger partial charge in [0.05, 0.1) is 0 Å². The Balaban J connectivity index is 4.87. The van der Waals surface area contributed by atoms with Crippen molar-refractivity contribution >= 4 is 0 Å². The van der Waals surface area contributed by atoms with Crippen LogP contribution in [0.4, 0.5) is 39.5 Å². The molecule has 7 unspecified atom stereocenters. The van der Waals surface area contributed by atoms with E-state index in [1.165, 1.54) is 0 Å². The van der Waals surface area contributed by atoms with E-state index in [9.17, 15) is 39.5 Å². The van der Waals surface area contributed by atoms with Crippen molar-refractivity contribution in [3.05, 3.63) is 0 Å². The highest BCUT2D eigenvalue weighted by atomic mass is 19.3. The zero-order valence-corrected chi connectivity index (χ0v) is 9.86. The number of hydrogen-bond donors (Lipinski definition) is 3. The standard InChI is InChI=1S/C9H11F9O3/c10-1(2(11)4(13)6(15)8(17)18)3(12)5(14)7(16)9(19,20)21/h1-8,19-21H. The zero-order valence-electron chi connectivity index (χ0n) is 9.86. The minimum atomic E-state index is -4.45. The average Bonchev–Trinajstić information content (AvgIpc) is 2.40. The normalized spacial score (nSPS) is 23.3. The van der Waals surface area contributed by atoms with Gasteiger partial charge >= 0.3 is 5.97 Å². The van der Waals surface area contributed by atoms with Crippen LogP contribution in [0.2, 0.25) is 0 Å². The lowest BCUT2D eigenvalue weighted by molar-refractivity contribution is -0.352. The maximum Gasteiger partial charge on any atom is 0.311 e. The van der Waals surface area contributed by atoms with Crippen LogP contribution in [0.3, 0.4) is 0 Å². The summed E-state index contributed by atoms with van der Waals surface area (Å²) >= 11 is 0. The summed E-state index contributed by atoms with van der Waals surface area (Å²) in [5.41, 5.74) is 0. The maximum atomic E-state index is 13.0. The molecule has 0 rings (SSSR count). The molecule has 21 heavy (non-hydrogen) atoms. The Morgan fingerprint density at radius 3 is 1.05 bits per heavy atom. The molecule has 0 radical (unpaired) electrons. The lowest BCUT2D eigenvalue weighted by atomic mass is 9.99. The third-order valence-electron chi connectivity index (χ3n) is 2.41. The molecule has 0 fully saturated rings. The van der Waals surface area contributed by atoms with Crippen LogP contribution in [0.15, 0.2) is 0 Å². The first kappa shape index (κ1) is 20.2. The van der Waals surface area contributed by atoms with Crippen LogP contribution < -0.4 is 0 Å². The van der Waals surface area contributed by atoms with E-state index in [1.807, 2.05) is 0 Å². The van der Waals surface area contributed by atoms with E-state index in [-0.39, 0.29) is 0 Å². The van der Waals surface area contributed by atoms with Gasteiger partial charge in [0, 0.05) is 0 Å². The average molecular weight is 338 g/mol. The predicted molar refractivity (Wildman–Crippen MR) is 49.7 cm³/mol. The molecule has 0 saturated heterocycles. The van der Waals surface area contributed by atoms with Gasteiger partial charge in [0.25, 0.3) is 6.43 Å².